The average Bonchev–Trinajstić information content (AvgIpc) is 2.80. The summed E-state index contributed by atoms with van der Waals surface area (Å²) in [5.41, 5.74) is -3.24. The van der Waals surface area contributed by atoms with Crippen LogP contribution in [0.4, 0.5) is 13.2 Å². The van der Waals surface area contributed by atoms with Crippen LogP contribution in [0.25, 0.3) is 0 Å². The zero-order valence-electron chi connectivity index (χ0n) is 10.3. The summed E-state index contributed by atoms with van der Waals surface area (Å²) in [6.07, 6.45) is 2.07. The SMILES string of the molecule is C=C(/C=C\C=C/C)C(O)([C@@H]1CCCN1)C(F)(F)F. The highest BCUT2D eigenvalue weighted by Gasteiger charge is 2.60. The molecular formula is C13H18F3NO. The maximum atomic E-state index is 13.1. The summed E-state index contributed by atoms with van der Waals surface area (Å²) in [7, 11) is 0. The Bertz CT molecular complexity index is 354. The summed E-state index contributed by atoms with van der Waals surface area (Å²) in [5, 5.41) is 12.7. The van der Waals surface area contributed by atoms with Gasteiger partial charge in [0.1, 0.15) is 0 Å². The topological polar surface area (TPSA) is 32.3 Å². The molecular weight excluding hydrogens is 243 g/mol. The van der Waals surface area contributed by atoms with Crippen LogP contribution in [0.15, 0.2) is 36.5 Å². The second-order valence-corrected chi connectivity index (χ2v) is 4.32. The number of hydrogen-bond donors (Lipinski definition) is 2. The monoisotopic (exact) mass is 261 g/mol. The minimum Gasteiger partial charge on any atom is -0.375 e. The second kappa shape index (κ2) is 5.71. The Morgan fingerprint density at radius 2 is 2.06 bits per heavy atom. The molecule has 0 aromatic carbocycles. The molecule has 1 rings (SSSR count). The molecule has 0 aliphatic carbocycles. The molecule has 0 aromatic heterocycles. The van der Waals surface area contributed by atoms with Crippen molar-refractivity contribution in [2.24, 2.45) is 0 Å². The lowest BCUT2D eigenvalue weighted by Gasteiger charge is -2.36. The van der Waals surface area contributed by atoms with Crippen LogP contribution in [0, 0.1) is 0 Å². The van der Waals surface area contributed by atoms with Crippen molar-refractivity contribution in [1.82, 2.24) is 5.32 Å². The van der Waals surface area contributed by atoms with Gasteiger partial charge >= 0.3 is 6.18 Å². The first-order valence-electron chi connectivity index (χ1n) is 5.85. The van der Waals surface area contributed by atoms with Crippen molar-refractivity contribution in [3.63, 3.8) is 0 Å². The number of alkyl halides is 3. The summed E-state index contributed by atoms with van der Waals surface area (Å²) >= 11 is 0. The Morgan fingerprint density at radius 3 is 2.50 bits per heavy atom. The molecule has 0 bridgehead atoms. The summed E-state index contributed by atoms with van der Waals surface area (Å²) in [6, 6.07) is -1.03. The first-order valence-corrected chi connectivity index (χ1v) is 5.85. The minimum absolute atomic E-state index is 0.284. The van der Waals surface area contributed by atoms with Crippen LogP contribution < -0.4 is 5.32 Å². The Hall–Kier alpha value is -1.07. The van der Waals surface area contributed by atoms with E-state index >= 15 is 0 Å². The number of hydrogen-bond acceptors (Lipinski definition) is 2. The Morgan fingerprint density at radius 1 is 1.39 bits per heavy atom. The standard InChI is InChI=1S/C13H18F3NO/c1-3-4-5-7-10(2)12(18,13(14,15)16)11-8-6-9-17-11/h3-5,7,11,17-18H,2,6,8-9H2,1H3/b4-3-,7-5-/t11-,12?/m0/s1. The molecule has 2 nitrogen and oxygen atoms in total. The van der Waals surface area contributed by atoms with E-state index in [1.807, 2.05) is 0 Å². The lowest BCUT2D eigenvalue weighted by Crippen LogP contribution is -2.58. The Kier molecular flexibility index (Phi) is 4.76. The van der Waals surface area contributed by atoms with Crippen molar-refractivity contribution in [3.05, 3.63) is 36.5 Å². The van der Waals surface area contributed by atoms with E-state index in [9.17, 15) is 18.3 Å². The van der Waals surface area contributed by atoms with Crippen molar-refractivity contribution < 1.29 is 18.3 Å². The van der Waals surface area contributed by atoms with Crippen LogP contribution in [0.2, 0.25) is 0 Å². The normalized spacial score (nSPS) is 24.8. The zero-order chi connectivity index (χ0) is 13.8. The van der Waals surface area contributed by atoms with E-state index in [-0.39, 0.29) is 12.0 Å². The van der Waals surface area contributed by atoms with E-state index in [0.29, 0.717) is 13.0 Å². The summed E-state index contributed by atoms with van der Waals surface area (Å²) in [6.45, 7) is 5.61. The maximum absolute atomic E-state index is 13.1. The highest BCUT2D eigenvalue weighted by molar-refractivity contribution is 5.33. The molecule has 0 aromatic rings. The summed E-state index contributed by atoms with van der Waals surface area (Å²) in [5.74, 6) is 0. The molecule has 5 heteroatoms. The van der Waals surface area contributed by atoms with Crippen molar-refractivity contribution in [3.8, 4) is 0 Å². The van der Waals surface area contributed by atoms with Crippen LogP contribution in [0.5, 0.6) is 0 Å². The second-order valence-electron chi connectivity index (χ2n) is 4.32. The van der Waals surface area contributed by atoms with Crippen molar-refractivity contribution >= 4 is 0 Å². The molecule has 1 aliphatic rings. The Labute approximate surface area is 105 Å². The molecule has 0 radical (unpaired) electrons. The fourth-order valence-electron chi connectivity index (χ4n) is 2.05. The van der Waals surface area contributed by atoms with Gasteiger partial charge in [0.25, 0.3) is 0 Å². The summed E-state index contributed by atoms with van der Waals surface area (Å²) in [4.78, 5) is 0. The molecule has 1 unspecified atom stereocenters. The number of allylic oxidation sites excluding steroid dienone is 3. The predicted molar refractivity (Wildman–Crippen MR) is 65.1 cm³/mol. The number of nitrogens with one attached hydrogen (secondary N) is 1. The van der Waals surface area contributed by atoms with E-state index in [4.69, 9.17) is 0 Å². The number of halogens is 3. The van der Waals surface area contributed by atoms with Crippen LogP contribution in [0.1, 0.15) is 19.8 Å². The maximum Gasteiger partial charge on any atom is 0.422 e. The number of rotatable bonds is 4. The van der Waals surface area contributed by atoms with Crippen LogP contribution >= 0.6 is 0 Å². The lowest BCUT2D eigenvalue weighted by molar-refractivity contribution is -0.251. The largest absolute Gasteiger partial charge is 0.422 e. The minimum atomic E-state index is -4.74. The van der Waals surface area contributed by atoms with Crippen LogP contribution in [-0.4, -0.2) is 29.5 Å². The smallest absolute Gasteiger partial charge is 0.375 e. The molecule has 0 spiro atoms. The molecule has 18 heavy (non-hydrogen) atoms. The van der Waals surface area contributed by atoms with Gasteiger partial charge in [-0.2, -0.15) is 13.2 Å². The van der Waals surface area contributed by atoms with Gasteiger partial charge in [-0.15, -0.1) is 0 Å². The zero-order valence-corrected chi connectivity index (χ0v) is 10.3. The molecule has 102 valence electrons. The highest BCUT2D eigenvalue weighted by atomic mass is 19.4. The molecule has 2 atom stereocenters. The third-order valence-corrected chi connectivity index (χ3v) is 3.09. The van der Waals surface area contributed by atoms with Gasteiger partial charge in [-0.3, -0.25) is 0 Å². The van der Waals surface area contributed by atoms with Gasteiger partial charge in [0.2, 0.25) is 5.60 Å². The number of aliphatic hydroxyl groups is 1. The van der Waals surface area contributed by atoms with Gasteiger partial charge < -0.3 is 10.4 Å². The predicted octanol–water partition coefficient (Wildman–Crippen LogP) is 2.72. The lowest BCUT2D eigenvalue weighted by atomic mass is 9.85. The highest BCUT2D eigenvalue weighted by Crippen LogP contribution is 2.41. The van der Waals surface area contributed by atoms with Crippen LogP contribution in [-0.2, 0) is 0 Å². The molecule has 1 saturated heterocycles. The molecule has 2 N–H and O–H groups in total. The average molecular weight is 261 g/mol. The van der Waals surface area contributed by atoms with Gasteiger partial charge in [-0.05, 0) is 31.9 Å². The van der Waals surface area contributed by atoms with E-state index in [1.165, 1.54) is 12.2 Å². The fourth-order valence-corrected chi connectivity index (χ4v) is 2.05. The molecule has 1 aliphatic heterocycles. The third kappa shape index (κ3) is 2.84. The van der Waals surface area contributed by atoms with E-state index in [1.54, 1.807) is 19.1 Å². The quantitative estimate of drug-likeness (QED) is 0.763. The summed E-state index contributed by atoms with van der Waals surface area (Å²) < 4.78 is 39.3. The van der Waals surface area contributed by atoms with E-state index in [2.05, 4.69) is 11.9 Å². The van der Waals surface area contributed by atoms with Gasteiger partial charge in [0, 0.05) is 6.04 Å². The van der Waals surface area contributed by atoms with Crippen molar-refractivity contribution in [1.29, 1.82) is 0 Å². The third-order valence-electron chi connectivity index (χ3n) is 3.09. The fraction of sp³-hybridized carbons (Fsp3) is 0.538. The van der Waals surface area contributed by atoms with Gasteiger partial charge in [0.15, 0.2) is 0 Å². The Balaban J connectivity index is 3.01. The molecule has 0 saturated carbocycles. The molecule has 0 amide bonds. The molecule has 1 heterocycles. The van der Waals surface area contributed by atoms with Crippen molar-refractivity contribution in [2.75, 3.05) is 6.54 Å². The first kappa shape index (κ1) is 15.0. The van der Waals surface area contributed by atoms with E-state index in [0.717, 1.165) is 0 Å². The van der Waals surface area contributed by atoms with Crippen molar-refractivity contribution in [2.45, 2.75) is 37.6 Å². The van der Waals surface area contributed by atoms with Gasteiger partial charge in [-0.25, -0.2) is 0 Å². The van der Waals surface area contributed by atoms with E-state index < -0.39 is 17.8 Å². The van der Waals surface area contributed by atoms with Crippen LogP contribution in [0.3, 0.4) is 0 Å². The van der Waals surface area contributed by atoms with Gasteiger partial charge in [-0.1, -0.05) is 30.9 Å². The van der Waals surface area contributed by atoms with Gasteiger partial charge in [0.05, 0.1) is 0 Å². The first-order chi connectivity index (χ1) is 8.34. The molecule has 1 fully saturated rings.